The Morgan fingerprint density at radius 3 is 1.52 bits per heavy atom. The van der Waals surface area contributed by atoms with Crippen molar-refractivity contribution in [1.82, 2.24) is 5.32 Å². The second kappa shape index (κ2) is 16.3. The molecule has 3 rings (SSSR count). The Morgan fingerprint density at radius 2 is 1.09 bits per heavy atom. The number of thioether (sulfide) groups is 2. The van der Waals surface area contributed by atoms with Crippen molar-refractivity contribution in [3.8, 4) is 0 Å². The molecule has 1 unspecified atom stereocenters. The second-order valence-corrected chi connectivity index (χ2v) is 15.4. The van der Waals surface area contributed by atoms with Crippen LogP contribution in [-0.4, -0.2) is 52.4 Å². The highest BCUT2D eigenvalue weighted by Crippen LogP contribution is 2.29. The Morgan fingerprint density at radius 1 is 0.652 bits per heavy atom. The van der Waals surface area contributed by atoms with Crippen LogP contribution in [0.3, 0.4) is 0 Å². The molecule has 3 aromatic rings. The molecule has 0 bridgehead atoms. The van der Waals surface area contributed by atoms with E-state index in [-0.39, 0.29) is 23.7 Å². The van der Waals surface area contributed by atoms with Gasteiger partial charge in [0.2, 0.25) is 0 Å². The van der Waals surface area contributed by atoms with Crippen molar-refractivity contribution in [3.05, 3.63) is 95.1 Å². The van der Waals surface area contributed by atoms with Gasteiger partial charge in [0.1, 0.15) is 17.2 Å². The summed E-state index contributed by atoms with van der Waals surface area (Å²) in [5.74, 6) is -1.03. The lowest BCUT2D eigenvalue weighted by molar-refractivity contribution is -0.164. The lowest BCUT2D eigenvalue weighted by Gasteiger charge is -2.25. The third kappa shape index (κ3) is 12.7. The van der Waals surface area contributed by atoms with Gasteiger partial charge < -0.3 is 14.8 Å². The average Bonchev–Trinajstić information content (AvgIpc) is 2.96. The number of hydrogen-bond donors (Lipinski definition) is 1. The minimum absolute atomic E-state index is 0.0114. The van der Waals surface area contributed by atoms with Crippen LogP contribution in [0.2, 0.25) is 0 Å². The number of aryl methyl sites for hydroxylation is 2. The Balaban J connectivity index is 1.75. The monoisotopic (exact) mass is 663 g/mol. The molecule has 0 radical (unpaired) electrons. The molecular formula is C37H45NO6S2. The molecule has 0 aromatic heterocycles. The molecule has 0 aliphatic rings. The number of esters is 2. The maximum absolute atomic E-state index is 13.8. The van der Waals surface area contributed by atoms with Gasteiger partial charge in [0.25, 0.3) is 5.91 Å². The molecule has 246 valence electrons. The Kier molecular flexibility index (Phi) is 13.1. The van der Waals surface area contributed by atoms with Gasteiger partial charge in [-0.1, -0.05) is 47.5 Å². The van der Waals surface area contributed by atoms with Crippen LogP contribution < -0.4 is 5.32 Å². The fourth-order valence-corrected chi connectivity index (χ4v) is 6.37. The van der Waals surface area contributed by atoms with E-state index in [0.717, 1.165) is 9.79 Å². The molecule has 0 aliphatic heterocycles. The summed E-state index contributed by atoms with van der Waals surface area (Å²) in [5.41, 5.74) is 1.53. The number of rotatable bonds is 13. The first kappa shape index (κ1) is 36.9. The molecular weight excluding hydrogens is 619 g/mol. The van der Waals surface area contributed by atoms with E-state index in [9.17, 15) is 19.2 Å². The summed E-state index contributed by atoms with van der Waals surface area (Å²) in [6.45, 7) is 14.4. The van der Waals surface area contributed by atoms with Crippen molar-refractivity contribution < 1.29 is 28.7 Å². The summed E-state index contributed by atoms with van der Waals surface area (Å²) < 4.78 is 10.8. The van der Waals surface area contributed by atoms with Gasteiger partial charge >= 0.3 is 11.9 Å². The molecule has 7 nitrogen and oxygen atoms in total. The minimum Gasteiger partial charge on any atom is -0.460 e. The number of ketones is 1. The van der Waals surface area contributed by atoms with Crippen LogP contribution in [-0.2, 0) is 19.1 Å². The minimum atomic E-state index is -1.25. The summed E-state index contributed by atoms with van der Waals surface area (Å²) >= 11 is 3.29. The lowest BCUT2D eigenvalue weighted by atomic mass is 9.99. The molecule has 0 heterocycles. The molecule has 1 N–H and O–H groups in total. The van der Waals surface area contributed by atoms with Crippen molar-refractivity contribution in [3.63, 3.8) is 0 Å². The smallest absolute Gasteiger partial charge is 0.329 e. The predicted octanol–water partition coefficient (Wildman–Crippen LogP) is 7.86. The third-order valence-corrected chi connectivity index (χ3v) is 8.88. The van der Waals surface area contributed by atoms with E-state index in [4.69, 9.17) is 9.47 Å². The van der Waals surface area contributed by atoms with Gasteiger partial charge in [0.15, 0.2) is 5.78 Å². The quantitative estimate of drug-likeness (QED) is 0.112. The topological polar surface area (TPSA) is 98.8 Å². The summed E-state index contributed by atoms with van der Waals surface area (Å²) in [5, 5.41) is 2.62. The summed E-state index contributed by atoms with van der Waals surface area (Å²) in [7, 11) is 0. The van der Waals surface area contributed by atoms with Crippen LogP contribution >= 0.6 is 23.5 Å². The van der Waals surface area contributed by atoms with Gasteiger partial charge in [0, 0.05) is 38.3 Å². The van der Waals surface area contributed by atoms with Gasteiger partial charge in [-0.2, -0.15) is 0 Å². The van der Waals surface area contributed by atoms with Crippen molar-refractivity contribution in [2.75, 3.05) is 11.5 Å². The van der Waals surface area contributed by atoms with E-state index in [2.05, 4.69) is 53.8 Å². The van der Waals surface area contributed by atoms with E-state index >= 15 is 0 Å². The largest absolute Gasteiger partial charge is 0.460 e. The van der Waals surface area contributed by atoms with Crippen molar-refractivity contribution in [2.24, 2.45) is 5.92 Å². The van der Waals surface area contributed by atoms with Crippen LogP contribution in [0.4, 0.5) is 0 Å². The van der Waals surface area contributed by atoms with Crippen LogP contribution in [0, 0.1) is 19.8 Å². The van der Waals surface area contributed by atoms with Crippen molar-refractivity contribution in [1.29, 1.82) is 0 Å². The fraction of sp³-hybridized carbons (Fsp3) is 0.405. The number of Topliss-reactive ketones (excluding diaryl/α,β-unsaturated/α-hetero) is 1. The van der Waals surface area contributed by atoms with Gasteiger partial charge in [-0.25, -0.2) is 4.79 Å². The number of nitrogens with one attached hydrogen (secondary N) is 1. The molecule has 0 fully saturated rings. The molecule has 0 spiro atoms. The van der Waals surface area contributed by atoms with Crippen LogP contribution in [0.1, 0.15) is 79.8 Å². The first-order valence-electron chi connectivity index (χ1n) is 15.3. The molecule has 3 aromatic carbocycles. The van der Waals surface area contributed by atoms with Gasteiger partial charge in [-0.05, 0) is 91.8 Å². The van der Waals surface area contributed by atoms with Gasteiger partial charge in [0.05, 0.1) is 6.42 Å². The predicted molar refractivity (Wildman–Crippen MR) is 186 cm³/mol. The van der Waals surface area contributed by atoms with Gasteiger partial charge in [-0.3, -0.25) is 14.4 Å². The molecule has 0 saturated heterocycles. The average molecular weight is 664 g/mol. The lowest BCUT2D eigenvalue weighted by Crippen LogP contribution is -2.46. The number of hydrogen-bond acceptors (Lipinski definition) is 8. The fourth-order valence-electron chi connectivity index (χ4n) is 4.24. The summed E-state index contributed by atoms with van der Waals surface area (Å²) in [6, 6.07) is 21.6. The van der Waals surface area contributed by atoms with E-state index in [1.54, 1.807) is 89.3 Å². The molecule has 46 heavy (non-hydrogen) atoms. The van der Waals surface area contributed by atoms with E-state index < -0.39 is 35.1 Å². The van der Waals surface area contributed by atoms with Gasteiger partial charge in [-0.15, -0.1) is 23.5 Å². The van der Waals surface area contributed by atoms with Crippen molar-refractivity contribution >= 4 is 47.2 Å². The SMILES string of the molecule is Cc1ccc(SCC(CSc2ccc(C)cc2)C(=O)c2ccc(C(=O)NC(CC(=O)OC(C)(C)C)C(=O)OC(C)(C)C)cc2)cc1. The van der Waals surface area contributed by atoms with Crippen molar-refractivity contribution in [2.45, 2.75) is 88.8 Å². The number of carbonyl (C=O) groups is 4. The molecule has 1 amide bonds. The number of carbonyl (C=O) groups excluding carboxylic acids is 4. The zero-order chi connectivity index (χ0) is 34.1. The first-order chi connectivity index (χ1) is 21.5. The number of ether oxygens (including phenoxy) is 2. The highest BCUT2D eigenvalue weighted by molar-refractivity contribution is 8.00. The first-order valence-corrected chi connectivity index (χ1v) is 17.2. The normalized spacial score (nSPS) is 12.4. The van der Waals surface area contributed by atoms with E-state index in [1.807, 2.05) is 13.8 Å². The highest BCUT2D eigenvalue weighted by atomic mass is 32.2. The Bertz CT molecular complexity index is 1440. The standard InChI is InChI=1S/C37H45NO6S2/c1-24-9-17-29(18-10-24)45-22-28(23-46-30-19-11-25(2)12-20-30)33(40)26-13-15-27(16-14-26)34(41)38-31(35(42)44-37(6,7)8)21-32(39)43-36(3,4)5/h9-20,28,31H,21-23H2,1-8H3,(H,38,41). The zero-order valence-corrected chi connectivity index (χ0v) is 29.6. The highest BCUT2D eigenvalue weighted by Gasteiger charge is 2.31. The summed E-state index contributed by atoms with van der Waals surface area (Å²) in [6.07, 6.45) is -0.381. The third-order valence-electron chi connectivity index (χ3n) is 6.53. The number of amides is 1. The molecule has 9 heteroatoms. The maximum Gasteiger partial charge on any atom is 0.329 e. The van der Waals surface area contributed by atoms with Crippen LogP contribution in [0.5, 0.6) is 0 Å². The Hall–Kier alpha value is -3.56. The Labute approximate surface area is 281 Å². The molecule has 1 atom stereocenters. The van der Waals surface area contributed by atoms with E-state index in [0.29, 0.717) is 17.1 Å². The second-order valence-electron chi connectivity index (χ2n) is 13.2. The van der Waals surface area contributed by atoms with E-state index in [1.165, 1.54) is 11.1 Å². The molecule has 0 aliphatic carbocycles. The van der Waals surface area contributed by atoms with Crippen LogP contribution in [0.15, 0.2) is 82.6 Å². The zero-order valence-electron chi connectivity index (χ0n) is 28.0. The maximum atomic E-state index is 13.8. The van der Waals surface area contributed by atoms with Crippen LogP contribution in [0.25, 0.3) is 0 Å². The number of benzene rings is 3. The summed E-state index contributed by atoms with van der Waals surface area (Å²) in [4.78, 5) is 54.6. The molecule has 0 saturated carbocycles.